The van der Waals surface area contributed by atoms with Crippen LogP contribution < -0.4 is 10.1 Å². The standard InChI is InChI=1S/C22H26N4O4S/c1-15-21(31(28,29)25(3)4)16(2)26(24-15)14-17-9-11-18(12-10-17)22(27)23-19-7-6-8-20(13-19)30-5/h6-13H,14H2,1-5H3,(H,23,27). The van der Waals surface area contributed by atoms with Crippen molar-refractivity contribution in [2.45, 2.75) is 25.3 Å². The first-order chi connectivity index (χ1) is 14.6. The maximum Gasteiger partial charge on any atom is 0.255 e. The van der Waals surface area contributed by atoms with Gasteiger partial charge in [-0.15, -0.1) is 0 Å². The molecule has 1 heterocycles. The Balaban J connectivity index is 1.76. The summed E-state index contributed by atoms with van der Waals surface area (Å²) in [6, 6.07) is 14.3. The Morgan fingerprint density at radius 1 is 1.13 bits per heavy atom. The summed E-state index contributed by atoms with van der Waals surface area (Å²) in [5.74, 6) is 0.430. The van der Waals surface area contributed by atoms with Gasteiger partial charge in [-0.3, -0.25) is 9.48 Å². The predicted molar refractivity (Wildman–Crippen MR) is 119 cm³/mol. The molecule has 2 aromatic carbocycles. The lowest BCUT2D eigenvalue weighted by Crippen LogP contribution is -2.23. The maximum absolute atomic E-state index is 12.6. The molecule has 8 nitrogen and oxygen atoms in total. The molecule has 164 valence electrons. The van der Waals surface area contributed by atoms with Crippen LogP contribution in [0.2, 0.25) is 0 Å². The van der Waals surface area contributed by atoms with Gasteiger partial charge in [0.15, 0.2) is 0 Å². The van der Waals surface area contributed by atoms with Crippen LogP contribution in [0.4, 0.5) is 5.69 Å². The number of benzene rings is 2. The normalized spacial score (nSPS) is 11.5. The smallest absolute Gasteiger partial charge is 0.255 e. The van der Waals surface area contributed by atoms with E-state index in [2.05, 4.69) is 10.4 Å². The number of carbonyl (C=O) groups is 1. The van der Waals surface area contributed by atoms with E-state index in [9.17, 15) is 13.2 Å². The van der Waals surface area contributed by atoms with Crippen LogP contribution in [0.1, 0.15) is 27.3 Å². The quantitative estimate of drug-likeness (QED) is 0.607. The molecule has 1 aromatic heterocycles. The summed E-state index contributed by atoms with van der Waals surface area (Å²) in [4.78, 5) is 12.7. The highest BCUT2D eigenvalue weighted by molar-refractivity contribution is 7.89. The summed E-state index contributed by atoms with van der Waals surface area (Å²) in [6.45, 7) is 3.83. The molecular weight excluding hydrogens is 416 g/mol. The van der Waals surface area contributed by atoms with Crippen LogP contribution in [0, 0.1) is 13.8 Å². The molecule has 0 saturated carbocycles. The minimum atomic E-state index is -3.57. The lowest BCUT2D eigenvalue weighted by Gasteiger charge is -2.12. The molecule has 3 rings (SSSR count). The lowest BCUT2D eigenvalue weighted by atomic mass is 10.1. The van der Waals surface area contributed by atoms with Crippen LogP contribution >= 0.6 is 0 Å². The summed E-state index contributed by atoms with van der Waals surface area (Å²) >= 11 is 0. The number of hydrogen-bond acceptors (Lipinski definition) is 5. The van der Waals surface area contributed by atoms with Crippen molar-refractivity contribution < 1.29 is 17.9 Å². The topological polar surface area (TPSA) is 93.5 Å². The second-order valence-electron chi connectivity index (χ2n) is 7.33. The van der Waals surface area contributed by atoms with Crippen LogP contribution in [0.5, 0.6) is 5.75 Å². The Morgan fingerprint density at radius 3 is 2.42 bits per heavy atom. The summed E-state index contributed by atoms with van der Waals surface area (Å²) in [5.41, 5.74) is 3.09. The van der Waals surface area contributed by atoms with Crippen LogP contribution in [-0.4, -0.2) is 49.6 Å². The maximum atomic E-state index is 12.6. The van der Waals surface area contributed by atoms with E-state index >= 15 is 0 Å². The number of anilines is 1. The van der Waals surface area contributed by atoms with E-state index in [1.165, 1.54) is 18.4 Å². The van der Waals surface area contributed by atoms with Gasteiger partial charge in [0.1, 0.15) is 10.6 Å². The van der Waals surface area contributed by atoms with Gasteiger partial charge in [-0.1, -0.05) is 18.2 Å². The van der Waals surface area contributed by atoms with Gasteiger partial charge in [0.05, 0.1) is 25.0 Å². The van der Waals surface area contributed by atoms with E-state index in [1.54, 1.807) is 62.0 Å². The van der Waals surface area contributed by atoms with Gasteiger partial charge in [0, 0.05) is 31.4 Å². The third-order valence-corrected chi connectivity index (χ3v) is 7.00. The molecule has 0 aliphatic rings. The molecule has 0 unspecified atom stereocenters. The highest BCUT2D eigenvalue weighted by atomic mass is 32.2. The molecule has 1 N–H and O–H groups in total. The van der Waals surface area contributed by atoms with Crippen molar-refractivity contribution in [2.75, 3.05) is 26.5 Å². The van der Waals surface area contributed by atoms with Crippen LogP contribution in [0.3, 0.4) is 0 Å². The zero-order valence-corrected chi connectivity index (χ0v) is 19.0. The first kappa shape index (κ1) is 22.5. The molecule has 0 bridgehead atoms. The molecule has 31 heavy (non-hydrogen) atoms. The molecule has 0 aliphatic heterocycles. The fraction of sp³-hybridized carbons (Fsp3) is 0.273. The van der Waals surface area contributed by atoms with E-state index in [-0.39, 0.29) is 10.8 Å². The van der Waals surface area contributed by atoms with Crippen molar-refractivity contribution in [3.05, 3.63) is 71.0 Å². The van der Waals surface area contributed by atoms with Gasteiger partial charge in [0.25, 0.3) is 5.91 Å². The zero-order chi connectivity index (χ0) is 22.8. The number of carbonyl (C=O) groups excluding carboxylic acids is 1. The number of rotatable bonds is 7. The molecule has 9 heteroatoms. The predicted octanol–water partition coefficient (Wildman–Crippen LogP) is 3.06. The third-order valence-electron chi connectivity index (χ3n) is 4.93. The molecule has 1 amide bonds. The van der Waals surface area contributed by atoms with Crippen molar-refractivity contribution in [1.82, 2.24) is 14.1 Å². The van der Waals surface area contributed by atoms with E-state index in [1.807, 2.05) is 12.1 Å². The molecule has 0 atom stereocenters. The van der Waals surface area contributed by atoms with Crippen molar-refractivity contribution in [2.24, 2.45) is 0 Å². The summed E-state index contributed by atoms with van der Waals surface area (Å²) in [5, 5.41) is 7.24. The summed E-state index contributed by atoms with van der Waals surface area (Å²) in [7, 11) is 0.998. The Morgan fingerprint density at radius 2 is 1.81 bits per heavy atom. The number of aryl methyl sites for hydroxylation is 1. The largest absolute Gasteiger partial charge is 0.497 e. The van der Waals surface area contributed by atoms with Gasteiger partial charge in [-0.2, -0.15) is 5.10 Å². The monoisotopic (exact) mass is 442 g/mol. The SMILES string of the molecule is COc1cccc(NC(=O)c2ccc(Cn3nc(C)c(S(=O)(=O)N(C)C)c3C)cc2)c1. The van der Waals surface area contributed by atoms with Gasteiger partial charge in [-0.25, -0.2) is 12.7 Å². The fourth-order valence-corrected chi connectivity index (χ4v) is 4.49. The molecule has 0 saturated heterocycles. The Bertz CT molecular complexity index is 1200. The van der Waals surface area contributed by atoms with E-state index in [0.717, 1.165) is 5.56 Å². The average Bonchev–Trinajstić information content (AvgIpc) is 3.01. The number of aromatic nitrogens is 2. The van der Waals surface area contributed by atoms with Crippen molar-refractivity contribution >= 4 is 21.6 Å². The minimum Gasteiger partial charge on any atom is -0.497 e. The van der Waals surface area contributed by atoms with Gasteiger partial charge < -0.3 is 10.1 Å². The molecule has 0 radical (unpaired) electrons. The minimum absolute atomic E-state index is 0.229. The summed E-state index contributed by atoms with van der Waals surface area (Å²) in [6.07, 6.45) is 0. The van der Waals surface area contributed by atoms with Gasteiger partial charge in [0.2, 0.25) is 10.0 Å². The average molecular weight is 443 g/mol. The Labute approximate surface area is 182 Å². The van der Waals surface area contributed by atoms with Crippen LogP contribution in [-0.2, 0) is 16.6 Å². The molecule has 3 aromatic rings. The van der Waals surface area contributed by atoms with Gasteiger partial charge in [-0.05, 0) is 43.7 Å². The fourth-order valence-electron chi connectivity index (χ4n) is 3.23. The summed E-state index contributed by atoms with van der Waals surface area (Å²) < 4.78 is 33.2. The van der Waals surface area contributed by atoms with Crippen LogP contribution in [0.15, 0.2) is 53.4 Å². The van der Waals surface area contributed by atoms with Crippen LogP contribution in [0.25, 0.3) is 0 Å². The first-order valence-corrected chi connectivity index (χ1v) is 11.1. The second kappa shape index (κ2) is 8.91. The number of methoxy groups -OCH3 is 1. The van der Waals surface area contributed by atoms with Gasteiger partial charge >= 0.3 is 0 Å². The molecular formula is C22H26N4O4S. The highest BCUT2D eigenvalue weighted by Gasteiger charge is 2.26. The molecule has 0 spiro atoms. The van der Waals surface area contributed by atoms with E-state index in [0.29, 0.717) is 34.9 Å². The number of nitrogens with zero attached hydrogens (tertiary/aromatic N) is 3. The molecule has 0 fully saturated rings. The number of sulfonamides is 1. The lowest BCUT2D eigenvalue weighted by molar-refractivity contribution is 0.102. The molecule has 0 aliphatic carbocycles. The van der Waals surface area contributed by atoms with Crippen molar-refractivity contribution in [3.63, 3.8) is 0 Å². The van der Waals surface area contributed by atoms with E-state index in [4.69, 9.17) is 4.74 Å². The third kappa shape index (κ3) is 4.78. The Hall–Kier alpha value is -3.17. The number of amides is 1. The number of nitrogens with one attached hydrogen (secondary N) is 1. The number of hydrogen-bond donors (Lipinski definition) is 1. The second-order valence-corrected chi connectivity index (χ2v) is 9.42. The highest BCUT2D eigenvalue weighted by Crippen LogP contribution is 2.23. The van der Waals surface area contributed by atoms with Crippen molar-refractivity contribution in [3.8, 4) is 5.75 Å². The van der Waals surface area contributed by atoms with E-state index < -0.39 is 10.0 Å². The van der Waals surface area contributed by atoms with Crippen molar-refractivity contribution in [1.29, 1.82) is 0 Å². The first-order valence-electron chi connectivity index (χ1n) is 9.64. The number of ether oxygens (including phenoxy) is 1. The zero-order valence-electron chi connectivity index (χ0n) is 18.2. The Kier molecular flexibility index (Phi) is 6.47.